The van der Waals surface area contributed by atoms with E-state index in [0.29, 0.717) is 11.3 Å². The highest BCUT2D eigenvalue weighted by atomic mass is 16.3. The van der Waals surface area contributed by atoms with Gasteiger partial charge in [-0.3, -0.25) is 9.78 Å². The van der Waals surface area contributed by atoms with E-state index < -0.39 is 6.10 Å². The molecule has 86 valence electrons. The monoisotopic (exact) mass is 227 g/mol. The van der Waals surface area contributed by atoms with E-state index in [0.717, 1.165) is 0 Å². The van der Waals surface area contributed by atoms with Crippen LogP contribution in [0.3, 0.4) is 0 Å². The molecule has 2 rings (SSSR count). The molecule has 0 radical (unpaired) electrons. The summed E-state index contributed by atoms with van der Waals surface area (Å²) in [7, 11) is 0. The predicted molar refractivity (Wildman–Crippen MR) is 64.7 cm³/mol. The summed E-state index contributed by atoms with van der Waals surface area (Å²) in [5.74, 6) is -0.267. The average Bonchev–Trinajstić information content (AvgIpc) is 2.40. The fraction of sp³-hybridized carbons (Fsp3) is 0.143. The van der Waals surface area contributed by atoms with Crippen molar-refractivity contribution in [3.05, 3.63) is 66.0 Å². The number of Topliss-reactive ketones (excluding diaryl/α,β-unsaturated/α-hetero) is 1. The molecule has 3 nitrogen and oxygen atoms in total. The standard InChI is InChI=1S/C14H13NO2/c16-13(10-12-8-4-5-9-15-12)14(17)11-6-2-1-3-7-11/h1-9,13,16H,10H2. The van der Waals surface area contributed by atoms with Gasteiger partial charge in [-0.05, 0) is 12.1 Å². The number of hydrogen-bond donors (Lipinski definition) is 1. The number of benzene rings is 1. The first kappa shape index (κ1) is 11.5. The molecule has 0 saturated carbocycles. The Balaban J connectivity index is 2.06. The van der Waals surface area contributed by atoms with Crippen molar-refractivity contribution in [3.8, 4) is 0 Å². The summed E-state index contributed by atoms with van der Waals surface area (Å²) < 4.78 is 0. The Hall–Kier alpha value is -2.00. The van der Waals surface area contributed by atoms with Crippen LogP contribution in [0, 0.1) is 0 Å². The van der Waals surface area contributed by atoms with Gasteiger partial charge in [-0.1, -0.05) is 36.4 Å². The molecule has 2 aromatic rings. The van der Waals surface area contributed by atoms with Gasteiger partial charge in [-0.15, -0.1) is 0 Å². The topological polar surface area (TPSA) is 50.2 Å². The molecule has 0 bridgehead atoms. The van der Waals surface area contributed by atoms with E-state index in [9.17, 15) is 9.90 Å². The fourth-order valence-corrected chi connectivity index (χ4v) is 1.60. The Morgan fingerprint density at radius 3 is 2.47 bits per heavy atom. The maximum absolute atomic E-state index is 11.9. The van der Waals surface area contributed by atoms with E-state index in [1.54, 1.807) is 42.6 Å². The highest BCUT2D eigenvalue weighted by molar-refractivity contribution is 5.99. The summed E-state index contributed by atoms with van der Waals surface area (Å²) in [6.07, 6.45) is 0.858. The lowest BCUT2D eigenvalue weighted by Crippen LogP contribution is -2.23. The summed E-state index contributed by atoms with van der Waals surface area (Å²) in [5.41, 5.74) is 1.24. The highest BCUT2D eigenvalue weighted by Crippen LogP contribution is 2.07. The van der Waals surface area contributed by atoms with Gasteiger partial charge in [0.2, 0.25) is 0 Å². The van der Waals surface area contributed by atoms with Gasteiger partial charge in [0.1, 0.15) is 6.10 Å². The molecule has 0 aliphatic rings. The van der Waals surface area contributed by atoms with Crippen LogP contribution >= 0.6 is 0 Å². The first-order valence-electron chi connectivity index (χ1n) is 5.44. The van der Waals surface area contributed by atoms with Crippen molar-refractivity contribution in [1.82, 2.24) is 4.98 Å². The molecule has 0 saturated heterocycles. The number of hydrogen-bond acceptors (Lipinski definition) is 3. The number of pyridine rings is 1. The number of aliphatic hydroxyl groups excluding tert-OH is 1. The van der Waals surface area contributed by atoms with Gasteiger partial charge >= 0.3 is 0 Å². The third kappa shape index (κ3) is 2.98. The van der Waals surface area contributed by atoms with Gasteiger partial charge in [0.25, 0.3) is 0 Å². The van der Waals surface area contributed by atoms with Crippen LogP contribution in [0.2, 0.25) is 0 Å². The highest BCUT2D eigenvalue weighted by Gasteiger charge is 2.17. The van der Waals surface area contributed by atoms with E-state index in [1.165, 1.54) is 0 Å². The van der Waals surface area contributed by atoms with Crippen LogP contribution in [0.25, 0.3) is 0 Å². The van der Waals surface area contributed by atoms with Gasteiger partial charge in [0, 0.05) is 23.9 Å². The lowest BCUT2D eigenvalue weighted by atomic mass is 10.0. The molecule has 1 aromatic carbocycles. The van der Waals surface area contributed by atoms with E-state index in [4.69, 9.17) is 0 Å². The van der Waals surface area contributed by atoms with Crippen LogP contribution in [0.5, 0.6) is 0 Å². The number of ketones is 1. The van der Waals surface area contributed by atoms with Crippen LogP contribution in [-0.4, -0.2) is 22.0 Å². The molecule has 0 fully saturated rings. The Morgan fingerprint density at radius 1 is 1.12 bits per heavy atom. The molecule has 0 amide bonds. The second-order valence-corrected chi connectivity index (χ2v) is 3.77. The van der Waals surface area contributed by atoms with Crippen LogP contribution in [0.15, 0.2) is 54.7 Å². The minimum Gasteiger partial charge on any atom is -0.385 e. The molecule has 1 N–H and O–H groups in total. The Labute approximate surface area is 99.8 Å². The van der Waals surface area contributed by atoms with Crippen molar-refractivity contribution < 1.29 is 9.90 Å². The van der Waals surface area contributed by atoms with Crippen LogP contribution in [0.1, 0.15) is 16.1 Å². The Bertz CT molecular complexity index is 482. The molecule has 1 unspecified atom stereocenters. The van der Waals surface area contributed by atoms with Crippen molar-refractivity contribution in [2.75, 3.05) is 0 Å². The largest absolute Gasteiger partial charge is 0.385 e. The van der Waals surface area contributed by atoms with Crippen molar-refractivity contribution >= 4 is 5.78 Å². The lowest BCUT2D eigenvalue weighted by Gasteiger charge is -2.08. The van der Waals surface area contributed by atoms with Crippen LogP contribution in [-0.2, 0) is 6.42 Å². The molecular weight excluding hydrogens is 214 g/mol. The predicted octanol–water partition coefficient (Wildman–Crippen LogP) is 1.87. The fourth-order valence-electron chi connectivity index (χ4n) is 1.60. The molecule has 1 atom stereocenters. The summed E-state index contributed by atoms with van der Waals surface area (Å²) in [6.45, 7) is 0. The zero-order valence-corrected chi connectivity index (χ0v) is 9.28. The van der Waals surface area contributed by atoms with Gasteiger partial charge in [-0.2, -0.15) is 0 Å². The smallest absolute Gasteiger partial charge is 0.191 e. The first-order chi connectivity index (χ1) is 8.27. The molecule has 17 heavy (non-hydrogen) atoms. The zero-order chi connectivity index (χ0) is 12.1. The minimum atomic E-state index is -1.03. The summed E-state index contributed by atoms with van der Waals surface area (Å²) in [6, 6.07) is 14.2. The molecule has 0 spiro atoms. The maximum Gasteiger partial charge on any atom is 0.191 e. The number of nitrogens with zero attached hydrogens (tertiary/aromatic N) is 1. The number of rotatable bonds is 4. The Kier molecular flexibility index (Phi) is 3.62. The summed E-state index contributed by atoms with van der Waals surface area (Å²) >= 11 is 0. The zero-order valence-electron chi connectivity index (χ0n) is 9.28. The molecule has 3 heteroatoms. The maximum atomic E-state index is 11.9. The molecular formula is C14H13NO2. The number of carbonyl (C=O) groups excluding carboxylic acids is 1. The second-order valence-electron chi connectivity index (χ2n) is 3.77. The third-order valence-electron chi connectivity index (χ3n) is 2.49. The minimum absolute atomic E-state index is 0.245. The molecule has 0 aliphatic carbocycles. The SMILES string of the molecule is O=C(c1ccccc1)C(O)Cc1ccccn1. The van der Waals surface area contributed by atoms with E-state index in [2.05, 4.69) is 4.98 Å². The van der Waals surface area contributed by atoms with Crippen molar-refractivity contribution in [3.63, 3.8) is 0 Å². The van der Waals surface area contributed by atoms with Crippen molar-refractivity contribution in [2.24, 2.45) is 0 Å². The normalized spacial score (nSPS) is 12.1. The molecule has 0 aliphatic heterocycles. The molecule has 1 aromatic heterocycles. The Morgan fingerprint density at radius 2 is 1.82 bits per heavy atom. The molecule has 1 heterocycles. The number of aromatic nitrogens is 1. The van der Waals surface area contributed by atoms with Gasteiger partial charge in [0.15, 0.2) is 5.78 Å². The number of carbonyl (C=O) groups is 1. The van der Waals surface area contributed by atoms with Gasteiger partial charge in [-0.25, -0.2) is 0 Å². The number of aliphatic hydroxyl groups is 1. The van der Waals surface area contributed by atoms with E-state index in [-0.39, 0.29) is 12.2 Å². The quantitative estimate of drug-likeness (QED) is 0.811. The van der Waals surface area contributed by atoms with Gasteiger partial charge < -0.3 is 5.11 Å². The second kappa shape index (κ2) is 5.37. The van der Waals surface area contributed by atoms with E-state index >= 15 is 0 Å². The van der Waals surface area contributed by atoms with Crippen LogP contribution in [0.4, 0.5) is 0 Å². The van der Waals surface area contributed by atoms with Crippen LogP contribution < -0.4 is 0 Å². The lowest BCUT2D eigenvalue weighted by molar-refractivity contribution is 0.0746. The van der Waals surface area contributed by atoms with Crippen molar-refractivity contribution in [1.29, 1.82) is 0 Å². The van der Waals surface area contributed by atoms with Gasteiger partial charge in [0.05, 0.1) is 0 Å². The first-order valence-corrected chi connectivity index (χ1v) is 5.44. The van der Waals surface area contributed by atoms with Crippen molar-refractivity contribution in [2.45, 2.75) is 12.5 Å². The third-order valence-corrected chi connectivity index (χ3v) is 2.49. The summed E-state index contributed by atoms with van der Waals surface area (Å²) in [4.78, 5) is 16.0. The van der Waals surface area contributed by atoms with E-state index in [1.807, 2.05) is 12.1 Å². The summed E-state index contributed by atoms with van der Waals surface area (Å²) in [5, 5.41) is 9.84. The average molecular weight is 227 g/mol.